The molecule has 2 N–H and O–H groups in total. The van der Waals surface area contributed by atoms with Crippen LogP contribution in [0, 0.1) is 13.8 Å². The fourth-order valence-electron chi connectivity index (χ4n) is 3.76. The third kappa shape index (κ3) is 4.88. The van der Waals surface area contributed by atoms with E-state index < -0.39 is 0 Å². The van der Waals surface area contributed by atoms with E-state index in [2.05, 4.69) is 20.2 Å². The predicted molar refractivity (Wildman–Crippen MR) is 117 cm³/mol. The smallest absolute Gasteiger partial charge is 0.228 e. The second-order valence-electron chi connectivity index (χ2n) is 7.63. The van der Waals surface area contributed by atoms with Gasteiger partial charge in [-0.15, -0.1) is 0 Å². The van der Waals surface area contributed by atoms with Gasteiger partial charge in [0.1, 0.15) is 18.1 Å². The summed E-state index contributed by atoms with van der Waals surface area (Å²) in [5.41, 5.74) is 4.18. The maximum absolute atomic E-state index is 12.4. The number of piperidine rings is 1. The first-order chi connectivity index (χ1) is 14.6. The molecule has 1 fully saturated rings. The van der Waals surface area contributed by atoms with Gasteiger partial charge < -0.3 is 19.9 Å². The highest BCUT2D eigenvalue weighted by Gasteiger charge is 2.19. The maximum atomic E-state index is 12.4. The van der Waals surface area contributed by atoms with Crippen LogP contribution in [0.4, 0.5) is 5.69 Å². The van der Waals surface area contributed by atoms with Crippen molar-refractivity contribution in [3.8, 4) is 16.9 Å². The molecular weight excluding hydrogens is 400 g/mol. The van der Waals surface area contributed by atoms with E-state index in [1.165, 1.54) is 24.4 Å². The van der Waals surface area contributed by atoms with Gasteiger partial charge in [-0.05, 0) is 68.5 Å². The van der Waals surface area contributed by atoms with Crippen molar-refractivity contribution in [2.45, 2.75) is 45.6 Å². The van der Waals surface area contributed by atoms with Crippen molar-refractivity contribution in [2.75, 3.05) is 18.5 Å². The van der Waals surface area contributed by atoms with E-state index in [0.717, 1.165) is 46.9 Å². The van der Waals surface area contributed by atoms with Crippen LogP contribution in [0.15, 0.2) is 34.3 Å². The van der Waals surface area contributed by atoms with Gasteiger partial charge in [0, 0.05) is 28.9 Å². The van der Waals surface area contributed by atoms with Crippen molar-refractivity contribution in [3.05, 3.63) is 46.8 Å². The summed E-state index contributed by atoms with van der Waals surface area (Å²) in [6.45, 7) is 5.44. The zero-order chi connectivity index (χ0) is 20.9. The van der Waals surface area contributed by atoms with E-state index in [0.29, 0.717) is 24.8 Å². The minimum absolute atomic E-state index is 0.0833. The number of anilines is 1. The number of ether oxygens (including phenoxy) is 1. The van der Waals surface area contributed by atoms with E-state index in [1.54, 1.807) is 6.20 Å². The van der Waals surface area contributed by atoms with Gasteiger partial charge in [-0.25, -0.2) is 4.37 Å². The Labute approximate surface area is 180 Å². The van der Waals surface area contributed by atoms with E-state index in [-0.39, 0.29) is 5.91 Å². The lowest BCUT2D eigenvalue weighted by Gasteiger charge is -2.24. The van der Waals surface area contributed by atoms with Crippen molar-refractivity contribution in [3.63, 3.8) is 0 Å². The molecule has 4 rings (SSSR count). The third-order valence-corrected chi connectivity index (χ3v) is 5.90. The van der Waals surface area contributed by atoms with Gasteiger partial charge in [-0.1, -0.05) is 11.6 Å². The monoisotopic (exact) mass is 426 g/mol. The Morgan fingerprint density at radius 2 is 2.27 bits per heavy atom. The van der Waals surface area contributed by atoms with Gasteiger partial charge in [0.15, 0.2) is 0 Å². The number of aryl methyl sites for hydroxylation is 2. The molecular formula is C22H26N4O3S. The summed E-state index contributed by atoms with van der Waals surface area (Å²) < 4.78 is 15.6. The molecule has 3 heterocycles. The van der Waals surface area contributed by atoms with Crippen molar-refractivity contribution >= 4 is 23.1 Å². The molecule has 0 radical (unpaired) electrons. The zero-order valence-electron chi connectivity index (χ0n) is 17.2. The molecule has 7 nitrogen and oxygen atoms in total. The lowest BCUT2D eigenvalue weighted by molar-refractivity contribution is -0.115. The first kappa shape index (κ1) is 20.6. The van der Waals surface area contributed by atoms with Gasteiger partial charge >= 0.3 is 0 Å². The highest BCUT2D eigenvalue weighted by molar-refractivity contribution is 7.03. The summed E-state index contributed by atoms with van der Waals surface area (Å²) in [7, 11) is 0. The Morgan fingerprint density at radius 3 is 2.97 bits per heavy atom. The number of nitrogens with one attached hydrogen (secondary N) is 2. The first-order valence-electron chi connectivity index (χ1n) is 10.2. The molecule has 30 heavy (non-hydrogen) atoms. The van der Waals surface area contributed by atoms with Crippen molar-refractivity contribution in [1.29, 1.82) is 0 Å². The topological polar surface area (TPSA) is 89.3 Å². The number of carbonyl (C=O) groups excluding carboxylic acids is 1. The number of aromatic nitrogens is 2. The number of rotatable bonds is 7. The molecule has 0 bridgehead atoms. The minimum atomic E-state index is -0.0833. The average molecular weight is 427 g/mol. The molecule has 1 amide bonds. The van der Waals surface area contributed by atoms with Crippen LogP contribution >= 0.6 is 11.5 Å². The number of benzene rings is 1. The van der Waals surface area contributed by atoms with Crippen molar-refractivity contribution < 1.29 is 14.1 Å². The first-order valence-corrected chi connectivity index (χ1v) is 11.1. The van der Waals surface area contributed by atoms with Crippen LogP contribution in [0.3, 0.4) is 0 Å². The molecule has 158 valence electrons. The molecule has 0 unspecified atom stereocenters. The van der Waals surface area contributed by atoms with Crippen LogP contribution in [0.2, 0.25) is 0 Å². The molecule has 1 aliphatic heterocycles. The molecule has 1 aromatic carbocycles. The maximum Gasteiger partial charge on any atom is 0.228 e. The number of nitrogens with zero attached hydrogens (tertiary/aromatic N) is 2. The fraction of sp³-hybridized carbons (Fsp3) is 0.409. The molecule has 1 atom stereocenters. The van der Waals surface area contributed by atoms with E-state index in [1.807, 2.05) is 37.4 Å². The Morgan fingerprint density at radius 1 is 1.37 bits per heavy atom. The summed E-state index contributed by atoms with van der Waals surface area (Å²) >= 11 is 1.34. The Hall–Kier alpha value is -2.71. The number of amides is 1. The summed E-state index contributed by atoms with van der Waals surface area (Å²) in [4.78, 5) is 12.4. The fourth-order valence-corrected chi connectivity index (χ4v) is 4.29. The molecule has 8 heteroatoms. The number of carbonyl (C=O) groups is 1. The Balaban J connectivity index is 1.55. The number of hydrogen-bond donors (Lipinski definition) is 2. The van der Waals surface area contributed by atoms with Crippen LogP contribution in [-0.4, -0.2) is 34.6 Å². The van der Waals surface area contributed by atoms with Crippen LogP contribution in [0.25, 0.3) is 11.1 Å². The van der Waals surface area contributed by atoms with Gasteiger partial charge in [-0.3, -0.25) is 4.79 Å². The average Bonchev–Trinajstić information content (AvgIpc) is 3.37. The van der Waals surface area contributed by atoms with Crippen molar-refractivity contribution in [1.82, 2.24) is 14.8 Å². The van der Waals surface area contributed by atoms with Gasteiger partial charge in [-0.2, -0.15) is 0 Å². The largest absolute Gasteiger partial charge is 0.491 e. The highest BCUT2D eigenvalue weighted by Crippen LogP contribution is 2.37. The molecule has 0 saturated carbocycles. The molecule has 0 aliphatic carbocycles. The standard InChI is InChI=1S/C22H26N4O3S/c1-14-22(15(2)29-26-14)19-10-17(25-21(27)9-16-11-24-30-13-16)6-7-20(19)28-12-18-5-3-4-8-23-18/h6-7,10-11,13,18,23H,3-5,8-9,12H2,1-2H3,(H,25,27)/t18-/m1/s1. The summed E-state index contributed by atoms with van der Waals surface area (Å²) in [5, 5.41) is 12.4. The zero-order valence-corrected chi connectivity index (χ0v) is 18.1. The van der Waals surface area contributed by atoms with Crippen LogP contribution < -0.4 is 15.4 Å². The second-order valence-corrected chi connectivity index (χ2v) is 8.28. The van der Waals surface area contributed by atoms with E-state index >= 15 is 0 Å². The van der Waals surface area contributed by atoms with E-state index in [4.69, 9.17) is 9.26 Å². The molecule has 3 aromatic rings. The van der Waals surface area contributed by atoms with Gasteiger partial charge in [0.2, 0.25) is 5.91 Å². The number of hydrogen-bond acceptors (Lipinski definition) is 7. The normalized spacial score (nSPS) is 16.4. The molecule has 1 aliphatic rings. The van der Waals surface area contributed by atoms with Crippen LogP contribution in [0.1, 0.15) is 36.3 Å². The second kappa shape index (κ2) is 9.40. The Kier molecular flexibility index (Phi) is 6.44. The summed E-state index contributed by atoms with van der Waals surface area (Å²) in [5.74, 6) is 1.40. The lowest BCUT2D eigenvalue weighted by Crippen LogP contribution is -2.38. The van der Waals surface area contributed by atoms with Crippen LogP contribution in [-0.2, 0) is 11.2 Å². The molecule has 0 spiro atoms. The van der Waals surface area contributed by atoms with Gasteiger partial charge in [0.25, 0.3) is 0 Å². The van der Waals surface area contributed by atoms with E-state index in [9.17, 15) is 4.79 Å². The SMILES string of the molecule is Cc1noc(C)c1-c1cc(NC(=O)Cc2cnsc2)ccc1OC[C@H]1CCCCN1. The van der Waals surface area contributed by atoms with Gasteiger partial charge in [0.05, 0.1) is 17.7 Å². The molecule has 2 aromatic heterocycles. The highest BCUT2D eigenvalue weighted by atomic mass is 32.1. The summed E-state index contributed by atoms with van der Waals surface area (Å²) in [6.07, 6.45) is 5.57. The predicted octanol–water partition coefficient (Wildman–Crippen LogP) is 4.12. The van der Waals surface area contributed by atoms with Crippen molar-refractivity contribution in [2.24, 2.45) is 0 Å². The third-order valence-electron chi connectivity index (χ3n) is 5.27. The molecule has 1 saturated heterocycles. The quantitative estimate of drug-likeness (QED) is 0.591. The lowest BCUT2D eigenvalue weighted by atomic mass is 10.0. The Bertz CT molecular complexity index is 974. The van der Waals surface area contributed by atoms with Crippen LogP contribution in [0.5, 0.6) is 5.75 Å². The summed E-state index contributed by atoms with van der Waals surface area (Å²) in [6, 6.07) is 6.07. The minimum Gasteiger partial charge on any atom is -0.491 e.